The highest BCUT2D eigenvalue weighted by Gasteiger charge is 2.14. The van der Waals surface area contributed by atoms with Crippen molar-refractivity contribution in [2.75, 3.05) is 0 Å². The van der Waals surface area contributed by atoms with Gasteiger partial charge in [0.2, 0.25) is 5.84 Å². The highest BCUT2D eigenvalue weighted by Crippen LogP contribution is 2.15. The number of hydrogen-bond acceptors (Lipinski definition) is 6. The van der Waals surface area contributed by atoms with Gasteiger partial charge in [-0.2, -0.15) is 5.11 Å². The van der Waals surface area contributed by atoms with Crippen LogP contribution in [0.25, 0.3) is 0 Å². The Kier molecular flexibility index (Phi) is 1.16. The molecule has 6 heteroatoms. The molecule has 2 aliphatic rings. The molecule has 0 saturated heterocycles. The van der Waals surface area contributed by atoms with Crippen LogP contribution in [0.1, 0.15) is 0 Å². The van der Waals surface area contributed by atoms with Gasteiger partial charge in [0.15, 0.2) is 5.70 Å². The second-order valence-electron chi connectivity index (χ2n) is 1.34. The van der Waals surface area contributed by atoms with Crippen molar-refractivity contribution in [3.8, 4) is 0 Å². The Labute approximate surface area is 50.7 Å². The lowest BCUT2D eigenvalue weighted by atomic mass is 10.5. The molecule has 0 aromatic heterocycles. The molecular weight excluding hydrogens is 120 g/mol. The van der Waals surface area contributed by atoms with Crippen molar-refractivity contribution >= 4 is 5.84 Å². The first-order valence-electron chi connectivity index (χ1n) is 2.07. The molecule has 0 aromatic carbocycles. The summed E-state index contributed by atoms with van der Waals surface area (Å²) in [5.41, 5.74) is 0.657. The zero-order chi connectivity index (χ0) is 5.40. The summed E-state index contributed by atoms with van der Waals surface area (Å²) in [6.45, 7) is 0. The standard InChI is InChI=1S/C3HN5.H3N/c1-2-3(6-4-1)7-8-5-2;/h1H;1H3. The van der Waals surface area contributed by atoms with Crippen molar-refractivity contribution < 1.29 is 0 Å². The molecule has 0 amide bonds. The number of amidine groups is 1. The highest BCUT2D eigenvalue weighted by atomic mass is 15.5. The Balaban J connectivity index is 0.000000405. The number of nitrogens with zero attached hydrogens (tertiary/aromatic N) is 5. The van der Waals surface area contributed by atoms with E-state index in [1.807, 2.05) is 0 Å². The summed E-state index contributed by atoms with van der Waals surface area (Å²) in [4.78, 5) is 0. The van der Waals surface area contributed by atoms with Gasteiger partial charge in [0.25, 0.3) is 0 Å². The fourth-order valence-electron chi connectivity index (χ4n) is 0.502. The number of hydrogen-bond donors (Lipinski definition) is 1. The average Bonchev–Trinajstić information content (AvgIpc) is 2.15. The molecule has 2 rings (SSSR count). The van der Waals surface area contributed by atoms with Crippen molar-refractivity contribution in [2.24, 2.45) is 25.7 Å². The zero-order valence-electron chi connectivity index (χ0n) is 4.52. The van der Waals surface area contributed by atoms with Gasteiger partial charge in [-0.25, -0.2) is 0 Å². The maximum absolute atomic E-state index is 3.59. The maximum atomic E-state index is 3.59. The molecule has 46 valence electrons. The molecule has 9 heavy (non-hydrogen) atoms. The van der Waals surface area contributed by atoms with Crippen LogP contribution in [0.4, 0.5) is 0 Å². The van der Waals surface area contributed by atoms with Gasteiger partial charge in [-0.3, -0.25) is 0 Å². The maximum Gasteiger partial charge on any atom is 0.227 e. The van der Waals surface area contributed by atoms with Crippen LogP contribution in [0.3, 0.4) is 0 Å². The van der Waals surface area contributed by atoms with E-state index >= 15 is 0 Å². The van der Waals surface area contributed by atoms with Crippen LogP contribution in [-0.2, 0) is 0 Å². The molecule has 0 aromatic rings. The molecule has 3 N–H and O–H groups in total. The number of fused-ring (bicyclic) bond motifs is 1. The Morgan fingerprint density at radius 2 is 2.11 bits per heavy atom. The molecular formula is C3H4N6. The van der Waals surface area contributed by atoms with Gasteiger partial charge in [-0.05, 0) is 5.22 Å². The van der Waals surface area contributed by atoms with Gasteiger partial charge in [-0.1, -0.05) is 0 Å². The van der Waals surface area contributed by atoms with E-state index in [-0.39, 0.29) is 6.15 Å². The Morgan fingerprint density at radius 3 is 2.89 bits per heavy atom. The lowest BCUT2D eigenvalue weighted by Crippen LogP contribution is -1.83. The van der Waals surface area contributed by atoms with E-state index in [0.717, 1.165) is 0 Å². The third-order valence-corrected chi connectivity index (χ3v) is 0.853. The van der Waals surface area contributed by atoms with Crippen LogP contribution in [0.5, 0.6) is 0 Å². The zero-order valence-corrected chi connectivity index (χ0v) is 4.52. The lowest BCUT2D eigenvalue weighted by molar-refractivity contribution is 1.08. The first-order valence-corrected chi connectivity index (χ1v) is 2.07. The fourth-order valence-corrected chi connectivity index (χ4v) is 0.502. The largest absolute Gasteiger partial charge is 0.344 e. The molecule has 0 radical (unpaired) electrons. The minimum atomic E-state index is 0. The van der Waals surface area contributed by atoms with E-state index in [9.17, 15) is 0 Å². The van der Waals surface area contributed by atoms with Crippen LogP contribution in [-0.4, -0.2) is 5.84 Å². The lowest BCUT2D eigenvalue weighted by Gasteiger charge is -1.73. The van der Waals surface area contributed by atoms with Crippen molar-refractivity contribution in [3.05, 3.63) is 11.9 Å². The van der Waals surface area contributed by atoms with E-state index in [1.54, 1.807) is 0 Å². The Hall–Kier alpha value is -1.43. The van der Waals surface area contributed by atoms with E-state index in [0.29, 0.717) is 11.5 Å². The van der Waals surface area contributed by atoms with Gasteiger partial charge in [0, 0.05) is 0 Å². The molecule has 0 bridgehead atoms. The summed E-state index contributed by atoms with van der Waals surface area (Å²) in [5, 5.41) is 17.6. The summed E-state index contributed by atoms with van der Waals surface area (Å²) in [5.74, 6) is 0.519. The quantitative estimate of drug-likeness (QED) is 0.516. The second kappa shape index (κ2) is 1.82. The van der Waals surface area contributed by atoms with Crippen molar-refractivity contribution in [2.45, 2.75) is 0 Å². The predicted molar refractivity (Wildman–Crippen MR) is 30.3 cm³/mol. The molecule has 0 saturated carbocycles. The molecule has 0 atom stereocenters. The van der Waals surface area contributed by atoms with E-state index in [1.165, 1.54) is 6.20 Å². The summed E-state index contributed by atoms with van der Waals surface area (Å²) in [6.07, 6.45) is 1.52. The average molecular weight is 124 g/mol. The normalized spacial score (nSPS) is 18.7. The topological polar surface area (TPSA) is 96.8 Å². The molecule has 2 aliphatic heterocycles. The SMILES string of the molecule is C1=C2N=NN=C2N=N1.N. The molecule has 2 heterocycles. The van der Waals surface area contributed by atoms with Crippen molar-refractivity contribution in [3.63, 3.8) is 0 Å². The fraction of sp³-hybridized carbons (Fsp3) is 0. The van der Waals surface area contributed by atoms with Crippen LogP contribution in [0, 0.1) is 0 Å². The van der Waals surface area contributed by atoms with Gasteiger partial charge in [0.1, 0.15) is 0 Å². The third-order valence-electron chi connectivity index (χ3n) is 0.853. The second-order valence-corrected chi connectivity index (χ2v) is 1.34. The predicted octanol–water partition coefficient (Wildman–Crippen LogP) is 1.23. The molecule has 6 nitrogen and oxygen atoms in total. The molecule has 0 aliphatic carbocycles. The first-order chi connectivity index (χ1) is 3.97. The smallest absolute Gasteiger partial charge is 0.227 e. The van der Waals surface area contributed by atoms with E-state index < -0.39 is 0 Å². The minimum Gasteiger partial charge on any atom is -0.344 e. The molecule has 0 fully saturated rings. The van der Waals surface area contributed by atoms with Gasteiger partial charge < -0.3 is 6.15 Å². The van der Waals surface area contributed by atoms with E-state index in [4.69, 9.17) is 0 Å². The summed E-state index contributed by atoms with van der Waals surface area (Å²) in [6, 6.07) is 0. The van der Waals surface area contributed by atoms with E-state index in [2.05, 4.69) is 25.7 Å². The summed E-state index contributed by atoms with van der Waals surface area (Å²) in [7, 11) is 0. The monoisotopic (exact) mass is 124 g/mol. The molecule has 0 unspecified atom stereocenters. The van der Waals surface area contributed by atoms with Crippen molar-refractivity contribution in [1.29, 1.82) is 0 Å². The van der Waals surface area contributed by atoms with Gasteiger partial charge in [-0.15, -0.1) is 15.3 Å². The third kappa shape index (κ3) is 0.646. The number of rotatable bonds is 0. The number of azo groups is 1. The van der Waals surface area contributed by atoms with Crippen LogP contribution >= 0.6 is 0 Å². The van der Waals surface area contributed by atoms with Crippen LogP contribution < -0.4 is 6.15 Å². The molecule has 0 spiro atoms. The van der Waals surface area contributed by atoms with Gasteiger partial charge >= 0.3 is 0 Å². The summed E-state index contributed by atoms with van der Waals surface area (Å²) < 4.78 is 0. The minimum absolute atomic E-state index is 0. The first kappa shape index (κ1) is 5.70. The Morgan fingerprint density at radius 1 is 1.22 bits per heavy atom. The van der Waals surface area contributed by atoms with Crippen LogP contribution in [0.2, 0.25) is 0 Å². The highest BCUT2D eigenvalue weighted by molar-refractivity contribution is 6.00. The summed E-state index contributed by atoms with van der Waals surface area (Å²) >= 11 is 0. The van der Waals surface area contributed by atoms with Crippen molar-refractivity contribution in [1.82, 2.24) is 6.15 Å². The Bertz CT molecular complexity index is 207. The van der Waals surface area contributed by atoms with Gasteiger partial charge in [0.05, 0.1) is 6.20 Å². The van der Waals surface area contributed by atoms with Crippen LogP contribution in [0.15, 0.2) is 37.6 Å².